The van der Waals surface area contributed by atoms with Crippen molar-refractivity contribution in [2.45, 2.75) is 6.92 Å². The second-order valence-electron chi connectivity index (χ2n) is 4.86. The highest BCUT2D eigenvalue weighted by Gasteiger charge is 2.11. The normalized spacial score (nSPS) is 11.4. The van der Waals surface area contributed by atoms with Crippen LogP contribution < -0.4 is 0 Å². The Morgan fingerprint density at radius 1 is 1.27 bits per heavy atom. The third kappa shape index (κ3) is 2.96. The van der Waals surface area contributed by atoms with Crippen LogP contribution in [0.2, 0.25) is 0 Å². The number of carboxylic acids is 1. The standard InChI is InChI=1S/C17H12BrNO2S/c1-10-6-7-22-16(10)5-3-12-9-14(17(20)21)13-8-11(18)2-4-15(13)19-12/h2-9H,1H3,(H,20,21)/b5-3+. The van der Waals surface area contributed by atoms with Gasteiger partial charge in [0.25, 0.3) is 0 Å². The molecule has 0 unspecified atom stereocenters. The van der Waals surface area contributed by atoms with Gasteiger partial charge in [-0.3, -0.25) is 0 Å². The van der Waals surface area contributed by atoms with E-state index in [0.29, 0.717) is 16.6 Å². The molecule has 1 N–H and O–H groups in total. The summed E-state index contributed by atoms with van der Waals surface area (Å²) in [5.74, 6) is -0.951. The van der Waals surface area contributed by atoms with E-state index in [1.807, 2.05) is 36.6 Å². The van der Waals surface area contributed by atoms with Crippen molar-refractivity contribution in [2.24, 2.45) is 0 Å². The Balaban J connectivity index is 2.11. The highest BCUT2D eigenvalue weighted by Crippen LogP contribution is 2.24. The quantitative estimate of drug-likeness (QED) is 0.683. The minimum absolute atomic E-state index is 0.258. The van der Waals surface area contributed by atoms with Crippen LogP contribution in [-0.4, -0.2) is 16.1 Å². The van der Waals surface area contributed by atoms with Gasteiger partial charge in [0.15, 0.2) is 0 Å². The monoisotopic (exact) mass is 373 g/mol. The molecule has 0 saturated carbocycles. The fraction of sp³-hybridized carbons (Fsp3) is 0.0588. The van der Waals surface area contributed by atoms with Crippen LogP contribution in [0.5, 0.6) is 0 Å². The number of benzene rings is 1. The minimum Gasteiger partial charge on any atom is -0.478 e. The predicted octanol–water partition coefficient (Wildman–Crippen LogP) is 5.24. The number of hydrogen-bond donors (Lipinski definition) is 1. The maximum atomic E-state index is 11.5. The number of carbonyl (C=O) groups is 1. The maximum Gasteiger partial charge on any atom is 0.336 e. The van der Waals surface area contributed by atoms with Gasteiger partial charge in [-0.25, -0.2) is 9.78 Å². The SMILES string of the molecule is Cc1ccsc1/C=C/c1cc(C(=O)O)c2cc(Br)ccc2n1. The minimum atomic E-state index is -0.951. The number of aromatic nitrogens is 1. The number of halogens is 1. The van der Waals surface area contributed by atoms with E-state index in [1.165, 1.54) is 5.56 Å². The predicted molar refractivity (Wildman–Crippen MR) is 94.4 cm³/mol. The number of aromatic carboxylic acids is 1. The van der Waals surface area contributed by atoms with E-state index in [2.05, 4.69) is 27.0 Å². The summed E-state index contributed by atoms with van der Waals surface area (Å²) in [6, 6.07) is 9.12. The van der Waals surface area contributed by atoms with Crippen LogP contribution in [0.4, 0.5) is 0 Å². The number of thiophene rings is 1. The molecule has 22 heavy (non-hydrogen) atoms. The zero-order valence-corrected chi connectivity index (χ0v) is 14.1. The molecule has 3 aromatic rings. The Kier molecular flexibility index (Phi) is 4.09. The van der Waals surface area contributed by atoms with Gasteiger partial charge < -0.3 is 5.11 Å². The van der Waals surface area contributed by atoms with E-state index >= 15 is 0 Å². The average Bonchev–Trinajstić information content (AvgIpc) is 2.89. The molecule has 1 aromatic carbocycles. The van der Waals surface area contributed by atoms with Gasteiger partial charge in [-0.15, -0.1) is 11.3 Å². The number of hydrogen-bond acceptors (Lipinski definition) is 3. The molecule has 2 aromatic heterocycles. The Morgan fingerprint density at radius 2 is 2.09 bits per heavy atom. The van der Waals surface area contributed by atoms with Crippen LogP contribution in [0.15, 0.2) is 40.2 Å². The van der Waals surface area contributed by atoms with E-state index in [4.69, 9.17) is 0 Å². The number of aryl methyl sites for hydroxylation is 1. The number of rotatable bonds is 3. The first-order valence-corrected chi connectivity index (χ1v) is 8.27. The van der Waals surface area contributed by atoms with Crippen molar-refractivity contribution in [3.05, 3.63) is 61.9 Å². The van der Waals surface area contributed by atoms with Gasteiger partial charge in [0.05, 0.1) is 16.8 Å². The van der Waals surface area contributed by atoms with E-state index in [-0.39, 0.29) is 5.56 Å². The molecule has 0 radical (unpaired) electrons. The summed E-state index contributed by atoms with van der Waals surface area (Å²) in [6.07, 6.45) is 3.82. The number of pyridine rings is 1. The fourth-order valence-electron chi connectivity index (χ4n) is 2.20. The van der Waals surface area contributed by atoms with Gasteiger partial charge in [0.1, 0.15) is 0 Å². The van der Waals surface area contributed by atoms with Gasteiger partial charge in [-0.1, -0.05) is 15.9 Å². The van der Waals surface area contributed by atoms with Gasteiger partial charge in [-0.2, -0.15) is 0 Å². The molecule has 0 spiro atoms. The number of fused-ring (bicyclic) bond motifs is 1. The fourth-order valence-corrected chi connectivity index (χ4v) is 3.38. The largest absolute Gasteiger partial charge is 0.478 e. The molecule has 5 heteroatoms. The van der Waals surface area contributed by atoms with Crippen molar-refractivity contribution in [2.75, 3.05) is 0 Å². The summed E-state index contributed by atoms with van der Waals surface area (Å²) in [7, 11) is 0. The van der Waals surface area contributed by atoms with Crippen LogP contribution in [0, 0.1) is 6.92 Å². The number of nitrogens with zero attached hydrogens (tertiary/aromatic N) is 1. The molecule has 0 bridgehead atoms. The van der Waals surface area contributed by atoms with Gasteiger partial charge in [0, 0.05) is 14.7 Å². The zero-order valence-electron chi connectivity index (χ0n) is 11.7. The highest BCUT2D eigenvalue weighted by atomic mass is 79.9. The van der Waals surface area contributed by atoms with E-state index in [0.717, 1.165) is 9.35 Å². The summed E-state index contributed by atoms with van der Waals surface area (Å²) < 4.78 is 0.835. The summed E-state index contributed by atoms with van der Waals surface area (Å²) in [5, 5.41) is 12.1. The average molecular weight is 374 g/mol. The molecule has 3 rings (SSSR count). The molecule has 0 aliphatic rings. The summed E-state index contributed by atoms with van der Waals surface area (Å²) in [4.78, 5) is 17.2. The summed E-state index contributed by atoms with van der Waals surface area (Å²) >= 11 is 5.01. The van der Waals surface area contributed by atoms with Crippen molar-refractivity contribution in [1.82, 2.24) is 4.98 Å². The van der Waals surface area contributed by atoms with Crippen molar-refractivity contribution < 1.29 is 9.90 Å². The van der Waals surface area contributed by atoms with Crippen LogP contribution in [0.25, 0.3) is 23.1 Å². The zero-order chi connectivity index (χ0) is 15.7. The second-order valence-corrected chi connectivity index (χ2v) is 6.73. The lowest BCUT2D eigenvalue weighted by Gasteiger charge is -2.05. The molecule has 2 heterocycles. The molecule has 0 aliphatic heterocycles. The summed E-state index contributed by atoms with van der Waals surface area (Å²) in [6.45, 7) is 2.05. The van der Waals surface area contributed by atoms with Crippen molar-refractivity contribution >= 4 is 56.3 Å². The molecule has 110 valence electrons. The molecule has 0 fully saturated rings. The lowest BCUT2D eigenvalue weighted by Crippen LogP contribution is -2.00. The topological polar surface area (TPSA) is 50.2 Å². The maximum absolute atomic E-state index is 11.5. The molecular formula is C17H12BrNO2S. The molecule has 0 saturated heterocycles. The van der Waals surface area contributed by atoms with E-state index in [1.54, 1.807) is 23.5 Å². The first-order chi connectivity index (χ1) is 10.5. The third-order valence-corrected chi connectivity index (χ3v) is 4.81. The van der Waals surface area contributed by atoms with Crippen LogP contribution in [-0.2, 0) is 0 Å². The lowest BCUT2D eigenvalue weighted by molar-refractivity contribution is 0.0699. The van der Waals surface area contributed by atoms with Crippen molar-refractivity contribution in [3.8, 4) is 0 Å². The Morgan fingerprint density at radius 3 is 2.77 bits per heavy atom. The smallest absolute Gasteiger partial charge is 0.336 e. The summed E-state index contributed by atoms with van der Waals surface area (Å²) in [5.41, 5.74) is 2.77. The van der Waals surface area contributed by atoms with Crippen LogP contribution in [0.1, 0.15) is 26.5 Å². The second kappa shape index (κ2) is 6.02. The Hall–Kier alpha value is -1.98. The molecule has 3 nitrogen and oxygen atoms in total. The number of carboxylic acid groups (broad SMARTS) is 1. The highest BCUT2D eigenvalue weighted by molar-refractivity contribution is 9.10. The Labute approximate surface area is 140 Å². The van der Waals surface area contributed by atoms with Crippen molar-refractivity contribution in [3.63, 3.8) is 0 Å². The first kappa shape index (κ1) is 14.9. The first-order valence-electron chi connectivity index (χ1n) is 6.60. The molecule has 0 atom stereocenters. The van der Waals surface area contributed by atoms with Gasteiger partial charge >= 0.3 is 5.97 Å². The van der Waals surface area contributed by atoms with Crippen LogP contribution >= 0.6 is 27.3 Å². The molecule has 0 amide bonds. The van der Waals surface area contributed by atoms with Crippen molar-refractivity contribution in [1.29, 1.82) is 0 Å². The molecular weight excluding hydrogens is 362 g/mol. The van der Waals surface area contributed by atoms with Crippen LogP contribution in [0.3, 0.4) is 0 Å². The molecule has 0 aliphatic carbocycles. The van der Waals surface area contributed by atoms with E-state index in [9.17, 15) is 9.90 Å². The third-order valence-electron chi connectivity index (χ3n) is 3.33. The lowest BCUT2D eigenvalue weighted by atomic mass is 10.1. The Bertz CT molecular complexity index is 899. The van der Waals surface area contributed by atoms with E-state index < -0.39 is 5.97 Å². The van der Waals surface area contributed by atoms with Gasteiger partial charge in [-0.05, 0) is 60.4 Å². The van der Waals surface area contributed by atoms with Gasteiger partial charge in [0.2, 0.25) is 0 Å².